The van der Waals surface area contributed by atoms with Crippen molar-refractivity contribution in [3.05, 3.63) is 34.4 Å². The molecule has 0 bridgehead atoms. The molecule has 0 aliphatic rings. The molecular weight excluding hydrogens is 216 g/mol. The van der Waals surface area contributed by atoms with Gasteiger partial charge in [0.15, 0.2) is 5.75 Å². The molecule has 0 radical (unpaired) electrons. The molecule has 7 nitrogen and oxygen atoms in total. The summed E-state index contributed by atoms with van der Waals surface area (Å²) < 4.78 is 0. The third-order valence-electron chi connectivity index (χ3n) is 1.30. The van der Waals surface area contributed by atoms with Crippen LogP contribution in [0.5, 0.6) is 5.75 Å². The first-order chi connectivity index (χ1) is 7.74. The summed E-state index contributed by atoms with van der Waals surface area (Å²) in [6.45, 7) is 4.00. The maximum Gasteiger partial charge on any atom is 0.269 e. The maximum atomic E-state index is 10.3. The second-order valence-electron chi connectivity index (χ2n) is 2.21. The summed E-state index contributed by atoms with van der Waals surface area (Å²) in [4.78, 5) is 23.0. The molecule has 0 unspecified atom stereocenters. The van der Waals surface area contributed by atoms with E-state index >= 15 is 0 Å². The number of non-ortho nitro benzene ring substituents is 1. The minimum absolute atomic E-state index is 0.0166. The molecule has 0 saturated heterocycles. The Hall–Kier alpha value is -1.70. The Morgan fingerprint density at radius 2 is 1.81 bits per heavy atom. The van der Waals surface area contributed by atoms with E-state index < -0.39 is 4.92 Å². The lowest BCUT2D eigenvalue weighted by molar-refractivity contribution is -0.385. The van der Waals surface area contributed by atoms with Crippen molar-refractivity contribution in [1.82, 2.24) is 5.64 Å². The van der Waals surface area contributed by atoms with Crippen LogP contribution in [0.2, 0.25) is 0 Å². The number of rotatable bonds is 5. The molecule has 0 saturated carbocycles. The molecule has 1 aromatic carbocycles. The van der Waals surface area contributed by atoms with Gasteiger partial charge in [-0.15, -0.1) is 0 Å². The minimum Gasteiger partial charge on any atom is -0.318 e. The van der Waals surface area contributed by atoms with E-state index in [0.29, 0.717) is 5.75 Å². The highest BCUT2D eigenvalue weighted by molar-refractivity contribution is 5.35. The fourth-order valence-corrected chi connectivity index (χ4v) is 0.723. The van der Waals surface area contributed by atoms with Gasteiger partial charge in [0.2, 0.25) is 0 Å². The summed E-state index contributed by atoms with van der Waals surface area (Å²) >= 11 is 0. The molecule has 16 heavy (non-hydrogen) atoms. The smallest absolute Gasteiger partial charge is 0.269 e. The number of nitrogens with one attached hydrogen (secondary N) is 1. The van der Waals surface area contributed by atoms with Crippen molar-refractivity contribution in [2.75, 3.05) is 7.11 Å². The second kappa shape index (κ2) is 8.60. The number of nitro benzene ring substituents is 1. The van der Waals surface area contributed by atoms with Crippen LogP contribution in [0.15, 0.2) is 24.3 Å². The molecule has 0 aliphatic carbocycles. The van der Waals surface area contributed by atoms with Crippen molar-refractivity contribution in [2.24, 2.45) is 0 Å². The minimum atomic E-state index is -0.502. The summed E-state index contributed by atoms with van der Waals surface area (Å²) in [6.07, 6.45) is 0. The second-order valence-corrected chi connectivity index (χ2v) is 2.21. The molecule has 1 rings (SSSR count). The van der Waals surface area contributed by atoms with Crippen LogP contribution in [0.4, 0.5) is 5.69 Å². The standard InChI is InChI=1S/C7H8N2O5.C2H6/c1-12-8-14-13-7-4-2-6(3-5-7)9(10)11;1-2/h2-5,8H,1H3;1-2H3. The van der Waals surface area contributed by atoms with Gasteiger partial charge in [0.05, 0.1) is 12.0 Å². The van der Waals surface area contributed by atoms with E-state index in [1.165, 1.54) is 31.4 Å². The highest BCUT2D eigenvalue weighted by Crippen LogP contribution is 2.16. The van der Waals surface area contributed by atoms with E-state index in [1.807, 2.05) is 19.5 Å². The van der Waals surface area contributed by atoms with Crippen LogP contribution in [0.25, 0.3) is 0 Å². The van der Waals surface area contributed by atoms with Crippen molar-refractivity contribution in [2.45, 2.75) is 13.8 Å². The zero-order valence-electron chi connectivity index (χ0n) is 9.30. The molecule has 0 heterocycles. The average Bonchev–Trinajstić information content (AvgIpc) is 2.33. The topological polar surface area (TPSA) is 82.9 Å². The van der Waals surface area contributed by atoms with Crippen LogP contribution < -0.4 is 10.5 Å². The molecule has 90 valence electrons. The van der Waals surface area contributed by atoms with Crippen molar-refractivity contribution in [3.63, 3.8) is 0 Å². The monoisotopic (exact) mass is 230 g/mol. The first kappa shape index (κ1) is 14.3. The molecule has 0 aliphatic heterocycles. The van der Waals surface area contributed by atoms with E-state index in [4.69, 9.17) is 0 Å². The van der Waals surface area contributed by atoms with Gasteiger partial charge in [-0.1, -0.05) is 18.8 Å². The average molecular weight is 230 g/mol. The molecule has 0 amide bonds. The molecule has 0 aromatic heterocycles. The molecule has 1 N–H and O–H groups in total. The number of nitrogens with zero attached hydrogens (tertiary/aromatic N) is 1. The Bertz CT molecular complexity index is 301. The fraction of sp³-hybridized carbons (Fsp3) is 0.333. The van der Waals surface area contributed by atoms with Gasteiger partial charge >= 0.3 is 0 Å². The Labute approximate surface area is 92.9 Å². The van der Waals surface area contributed by atoms with Crippen LogP contribution in [-0.2, 0) is 9.83 Å². The van der Waals surface area contributed by atoms with Gasteiger partial charge in [0.1, 0.15) is 0 Å². The Morgan fingerprint density at radius 3 is 2.25 bits per heavy atom. The molecule has 1 aromatic rings. The molecular formula is C9H14N2O5. The van der Waals surface area contributed by atoms with Crippen molar-refractivity contribution >= 4 is 5.69 Å². The van der Waals surface area contributed by atoms with Gasteiger partial charge in [0.25, 0.3) is 5.69 Å². The molecule has 0 fully saturated rings. The lowest BCUT2D eigenvalue weighted by Gasteiger charge is -2.02. The highest BCUT2D eigenvalue weighted by atomic mass is 17.3. The van der Waals surface area contributed by atoms with Gasteiger partial charge in [-0.05, 0) is 17.8 Å². The highest BCUT2D eigenvalue weighted by Gasteiger charge is 2.04. The van der Waals surface area contributed by atoms with E-state index in [-0.39, 0.29) is 5.69 Å². The first-order valence-electron chi connectivity index (χ1n) is 4.60. The van der Waals surface area contributed by atoms with E-state index in [0.717, 1.165) is 0 Å². The van der Waals surface area contributed by atoms with Crippen molar-refractivity contribution in [3.8, 4) is 5.75 Å². The number of hydrogen-bond acceptors (Lipinski definition) is 6. The molecule has 0 atom stereocenters. The summed E-state index contributed by atoms with van der Waals surface area (Å²) in [5.74, 6) is 0.320. The number of nitro groups is 1. The number of benzene rings is 1. The Balaban J connectivity index is 0.00000106. The van der Waals surface area contributed by atoms with Gasteiger partial charge in [-0.3, -0.25) is 15.0 Å². The predicted molar refractivity (Wildman–Crippen MR) is 56.3 cm³/mol. The quantitative estimate of drug-likeness (QED) is 0.360. The first-order valence-corrected chi connectivity index (χ1v) is 4.60. The van der Waals surface area contributed by atoms with Gasteiger partial charge in [-0.25, -0.2) is 0 Å². The van der Waals surface area contributed by atoms with E-state index in [2.05, 4.69) is 14.7 Å². The van der Waals surface area contributed by atoms with Crippen molar-refractivity contribution < 1.29 is 19.6 Å². The number of hydrogen-bond donors (Lipinski definition) is 1. The zero-order valence-corrected chi connectivity index (χ0v) is 9.30. The SMILES string of the molecule is CC.CONOOc1ccc([N+](=O)[O-])cc1. The van der Waals surface area contributed by atoms with Gasteiger partial charge < -0.3 is 4.89 Å². The third-order valence-corrected chi connectivity index (χ3v) is 1.30. The third kappa shape index (κ3) is 5.25. The summed E-state index contributed by atoms with van der Waals surface area (Å²) in [7, 11) is 1.35. The van der Waals surface area contributed by atoms with Crippen LogP contribution in [0.3, 0.4) is 0 Å². The summed E-state index contributed by atoms with van der Waals surface area (Å²) in [6, 6.07) is 5.39. The summed E-state index contributed by atoms with van der Waals surface area (Å²) in [5.41, 5.74) is 1.96. The van der Waals surface area contributed by atoms with E-state index in [9.17, 15) is 10.1 Å². The molecule has 0 spiro atoms. The summed E-state index contributed by atoms with van der Waals surface area (Å²) in [5, 5.41) is 10.3. The predicted octanol–water partition coefficient (Wildman–Crippen LogP) is 2.00. The van der Waals surface area contributed by atoms with Crippen LogP contribution >= 0.6 is 0 Å². The van der Waals surface area contributed by atoms with Crippen LogP contribution in [0.1, 0.15) is 13.8 Å². The van der Waals surface area contributed by atoms with Gasteiger partial charge in [0, 0.05) is 12.1 Å². The van der Waals surface area contributed by atoms with Crippen molar-refractivity contribution in [1.29, 1.82) is 0 Å². The molecule has 7 heteroatoms. The lowest BCUT2D eigenvalue weighted by atomic mass is 10.3. The van der Waals surface area contributed by atoms with Crippen LogP contribution in [-0.4, -0.2) is 12.0 Å². The maximum absolute atomic E-state index is 10.3. The Kier molecular flexibility index (Phi) is 7.68. The van der Waals surface area contributed by atoms with Crippen LogP contribution in [0, 0.1) is 10.1 Å². The normalized spacial score (nSPS) is 8.94. The Morgan fingerprint density at radius 1 is 1.25 bits per heavy atom. The fourth-order valence-electron chi connectivity index (χ4n) is 0.723. The zero-order chi connectivity index (χ0) is 12.4. The van der Waals surface area contributed by atoms with E-state index in [1.54, 1.807) is 0 Å². The van der Waals surface area contributed by atoms with Gasteiger partial charge in [-0.2, -0.15) is 0 Å². The lowest BCUT2D eigenvalue weighted by Crippen LogP contribution is -2.14. The largest absolute Gasteiger partial charge is 0.318 e.